The molecular formula is C12H17N3O3. The Balaban J connectivity index is 2.64. The second-order valence-corrected chi connectivity index (χ2v) is 3.12. The van der Waals surface area contributed by atoms with Crippen LogP contribution in [0, 0.1) is 0 Å². The first-order valence-corrected chi connectivity index (χ1v) is 5.37. The van der Waals surface area contributed by atoms with Crippen LogP contribution in [0.4, 0.5) is 0 Å². The zero-order valence-electron chi connectivity index (χ0n) is 10.2. The highest BCUT2D eigenvalue weighted by molar-refractivity contribution is 5.91. The Morgan fingerprint density at radius 3 is 2.44 bits per heavy atom. The first-order chi connectivity index (χ1) is 8.81. The molecule has 0 amide bonds. The normalized spacial score (nSPS) is 13.9. The van der Waals surface area contributed by atoms with Crippen LogP contribution in [-0.4, -0.2) is 30.9 Å². The van der Waals surface area contributed by atoms with Crippen molar-refractivity contribution in [2.75, 3.05) is 19.8 Å². The van der Waals surface area contributed by atoms with Crippen LogP contribution in [0.25, 0.3) is 0 Å². The van der Waals surface area contributed by atoms with Crippen molar-refractivity contribution in [2.24, 2.45) is 5.10 Å². The van der Waals surface area contributed by atoms with Crippen molar-refractivity contribution in [3.05, 3.63) is 49.9 Å². The fraction of sp³-hybridized carbons (Fsp3) is 0.250. The zero-order valence-corrected chi connectivity index (χ0v) is 10.2. The molecule has 0 spiro atoms. The van der Waals surface area contributed by atoms with E-state index in [-0.39, 0.29) is 0 Å². The van der Waals surface area contributed by atoms with Crippen LogP contribution in [0.1, 0.15) is 0 Å². The first-order valence-electron chi connectivity index (χ1n) is 5.37. The van der Waals surface area contributed by atoms with Crippen LogP contribution >= 0.6 is 0 Å². The van der Waals surface area contributed by atoms with Gasteiger partial charge in [-0.2, -0.15) is 5.53 Å². The summed E-state index contributed by atoms with van der Waals surface area (Å²) in [5, 5.41) is 5.28. The molecule has 0 saturated heterocycles. The van der Waals surface area contributed by atoms with E-state index >= 15 is 0 Å². The molecule has 18 heavy (non-hydrogen) atoms. The minimum atomic E-state index is 0.329. The average Bonchev–Trinajstić information content (AvgIpc) is 2.41. The van der Waals surface area contributed by atoms with Crippen LogP contribution in [0.15, 0.2) is 55.0 Å². The minimum Gasteiger partial charge on any atom is -0.482 e. The van der Waals surface area contributed by atoms with Crippen molar-refractivity contribution in [1.82, 2.24) is 10.7 Å². The van der Waals surface area contributed by atoms with Gasteiger partial charge in [-0.1, -0.05) is 31.4 Å². The highest BCUT2D eigenvalue weighted by Crippen LogP contribution is 2.09. The Labute approximate surface area is 106 Å². The Morgan fingerprint density at radius 1 is 1.11 bits per heavy atom. The van der Waals surface area contributed by atoms with Gasteiger partial charge in [0.05, 0.1) is 6.61 Å². The minimum absolute atomic E-state index is 0.329. The van der Waals surface area contributed by atoms with E-state index in [1.807, 2.05) is 0 Å². The summed E-state index contributed by atoms with van der Waals surface area (Å²) in [4.78, 5) is 5.23. The van der Waals surface area contributed by atoms with E-state index in [1.54, 1.807) is 24.4 Å². The number of ether oxygens (including phenoxy) is 2. The number of nitrogens with one attached hydrogen (secondary N) is 1. The van der Waals surface area contributed by atoms with E-state index in [4.69, 9.17) is 14.3 Å². The molecule has 0 aromatic heterocycles. The molecule has 1 aliphatic rings. The molecule has 1 aliphatic heterocycles. The Hall–Kier alpha value is -2.21. The van der Waals surface area contributed by atoms with Gasteiger partial charge in [0.25, 0.3) is 5.90 Å². The third-order valence-electron chi connectivity index (χ3n) is 1.72. The molecule has 0 saturated carbocycles. The topological polar surface area (TPSA) is 55.3 Å². The quantitative estimate of drug-likeness (QED) is 0.662. The maximum atomic E-state index is 5.42. The molecule has 0 unspecified atom stereocenters. The van der Waals surface area contributed by atoms with Gasteiger partial charge in [-0.15, -0.1) is 16.9 Å². The summed E-state index contributed by atoms with van der Waals surface area (Å²) in [7, 11) is 0. The molecular weight excluding hydrogens is 234 g/mol. The van der Waals surface area contributed by atoms with Crippen molar-refractivity contribution >= 4 is 5.90 Å². The third-order valence-corrected chi connectivity index (χ3v) is 1.72. The lowest BCUT2D eigenvalue weighted by Gasteiger charge is -2.24. The van der Waals surface area contributed by atoms with Crippen LogP contribution < -0.4 is 5.53 Å². The van der Waals surface area contributed by atoms with Gasteiger partial charge in [-0.05, 0) is 0 Å². The molecule has 0 atom stereocenters. The number of nitrogens with zero attached hydrogens (tertiary/aromatic N) is 2. The van der Waals surface area contributed by atoms with Gasteiger partial charge < -0.3 is 9.47 Å². The van der Waals surface area contributed by atoms with Gasteiger partial charge in [0.1, 0.15) is 19.4 Å². The molecule has 1 N–H and O–H groups in total. The van der Waals surface area contributed by atoms with E-state index in [0.29, 0.717) is 31.5 Å². The number of hydrogen-bond donors (Lipinski definition) is 1. The highest BCUT2D eigenvalue weighted by atomic mass is 16.7. The lowest BCUT2D eigenvalue weighted by atomic mass is 10.5. The summed E-state index contributed by atoms with van der Waals surface area (Å²) >= 11 is 0. The Bertz CT molecular complexity index is 364. The largest absolute Gasteiger partial charge is 0.482 e. The molecule has 1 rings (SSSR count). The maximum Gasteiger partial charge on any atom is 0.277 e. The molecule has 6 heteroatoms. The Kier molecular flexibility index (Phi) is 6.13. The van der Waals surface area contributed by atoms with E-state index in [1.165, 1.54) is 5.17 Å². The average molecular weight is 251 g/mol. The predicted molar refractivity (Wildman–Crippen MR) is 68.9 cm³/mol. The summed E-state index contributed by atoms with van der Waals surface area (Å²) < 4.78 is 10.8. The molecule has 6 nitrogen and oxygen atoms in total. The first kappa shape index (κ1) is 13.9. The SMILES string of the molecule is C=CCOC1=CN(OCC=C)NN=C1OCC=C. The van der Waals surface area contributed by atoms with Crippen molar-refractivity contribution in [3.8, 4) is 0 Å². The van der Waals surface area contributed by atoms with E-state index in [0.717, 1.165) is 0 Å². The van der Waals surface area contributed by atoms with E-state index in [2.05, 4.69) is 30.4 Å². The lowest BCUT2D eigenvalue weighted by Crippen LogP contribution is -2.36. The highest BCUT2D eigenvalue weighted by Gasteiger charge is 2.17. The molecule has 1 heterocycles. The zero-order chi connectivity index (χ0) is 13.2. The molecule has 0 fully saturated rings. The molecule has 0 radical (unpaired) electrons. The number of hydroxylamine groups is 1. The van der Waals surface area contributed by atoms with Gasteiger partial charge in [0.15, 0.2) is 0 Å². The second-order valence-electron chi connectivity index (χ2n) is 3.12. The summed E-state index contributed by atoms with van der Waals surface area (Å²) in [5.74, 6) is 0.773. The monoisotopic (exact) mass is 251 g/mol. The number of hydrazone groups is 1. The third kappa shape index (κ3) is 4.34. The number of hydrogen-bond acceptors (Lipinski definition) is 6. The van der Waals surface area contributed by atoms with Crippen molar-refractivity contribution < 1.29 is 14.3 Å². The molecule has 0 aromatic rings. The van der Waals surface area contributed by atoms with Crippen molar-refractivity contribution in [1.29, 1.82) is 0 Å². The fourth-order valence-electron chi connectivity index (χ4n) is 1.03. The summed E-state index contributed by atoms with van der Waals surface area (Å²) in [6, 6.07) is 0. The van der Waals surface area contributed by atoms with Crippen LogP contribution in [0.5, 0.6) is 0 Å². The van der Waals surface area contributed by atoms with Gasteiger partial charge in [0, 0.05) is 0 Å². The number of hydrazine groups is 1. The maximum absolute atomic E-state index is 5.42. The van der Waals surface area contributed by atoms with Gasteiger partial charge in [0.2, 0.25) is 5.76 Å². The molecule has 0 bridgehead atoms. The Morgan fingerprint density at radius 2 is 1.78 bits per heavy atom. The smallest absolute Gasteiger partial charge is 0.277 e. The number of rotatable bonds is 8. The molecule has 98 valence electrons. The molecule has 0 aliphatic carbocycles. The van der Waals surface area contributed by atoms with Crippen molar-refractivity contribution in [3.63, 3.8) is 0 Å². The van der Waals surface area contributed by atoms with E-state index in [9.17, 15) is 0 Å². The van der Waals surface area contributed by atoms with Crippen LogP contribution in [-0.2, 0) is 14.3 Å². The fourth-order valence-corrected chi connectivity index (χ4v) is 1.03. The predicted octanol–water partition coefficient (Wildman–Crippen LogP) is 1.48. The standard InChI is InChI=1S/C12H17N3O3/c1-4-7-16-11-10-15(18-9-6-3)14-13-12(11)17-8-5-2/h4-6,10,14H,1-3,7-9H2. The lowest BCUT2D eigenvalue weighted by molar-refractivity contribution is -0.150. The van der Waals surface area contributed by atoms with E-state index < -0.39 is 0 Å². The van der Waals surface area contributed by atoms with Crippen molar-refractivity contribution in [2.45, 2.75) is 0 Å². The van der Waals surface area contributed by atoms with Gasteiger partial charge in [-0.25, -0.2) is 4.84 Å². The van der Waals surface area contributed by atoms with Crippen LogP contribution in [0.3, 0.4) is 0 Å². The molecule has 0 aromatic carbocycles. The summed E-state index contributed by atoms with van der Waals surface area (Å²) in [6.07, 6.45) is 6.45. The summed E-state index contributed by atoms with van der Waals surface area (Å²) in [5.41, 5.74) is 2.63. The second kappa shape index (κ2) is 7.97. The summed E-state index contributed by atoms with van der Waals surface area (Å²) in [6.45, 7) is 11.7. The van der Waals surface area contributed by atoms with Gasteiger partial charge in [-0.3, -0.25) is 0 Å². The van der Waals surface area contributed by atoms with Crippen LogP contribution in [0.2, 0.25) is 0 Å². The van der Waals surface area contributed by atoms with Gasteiger partial charge >= 0.3 is 0 Å².